The molecular formula is C13H19N2O2+. The van der Waals surface area contributed by atoms with Crippen molar-refractivity contribution in [2.45, 2.75) is 6.42 Å². The molecule has 1 aliphatic rings. The highest BCUT2D eigenvalue weighted by atomic mass is 16.5. The number of ether oxygens (including phenoxy) is 1. The maximum atomic E-state index is 9.06. The Morgan fingerprint density at radius 3 is 2.59 bits per heavy atom. The van der Waals surface area contributed by atoms with Gasteiger partial charge in [-0.05, 0) is 5.56 Å². The highest BCUT2D eigenvalue weighted by molar-refractivity contribution is 6.00. The van der Waals surface area contributed by atoms with Crippen molar-refractivity contribution in [3.63, 3.8) is 0 Å². The lowest BCUT2D eigenvalue weighted by Crippen LogP contribution is -3.14. The number of nitrogens with one attached hydrogen (secondary N) is 1. The number of quaternary nitrogens is 1. The van der Waals surface area contributed by atoms with Crippen molar-refractivity contribution in [2.24, 2.45) is 5.16 Å². The van der Waals surface area contributed by atoms with Gasteiger partial charge in [0.1, 0.15) is 13.1 Å². The molecule has 2 rings (SSSR count). The lowest BCUT2D eigenvalue weighted by molar-refractivity contribution is -0.907. The van der Waals surface area contributed by atoms with E-state index in [9.17, 15) is 0 Å². The van der Waals surface area contributed by atoms with E-state index >= 15 is 0 Å². The van der Waals surface area contributed by atoms with Crippen LogP contribution in [0, 0.1) is 0 Å². The first kappa shape index (κ1) is 12.1. The maximum absolute atomic E-state index is 9.06. The molecule has 0 unspecified atom stereocenters. The molecule has 0 amide bonds. The van der Waals surface area contributed by atoms with Crippen LogP contribution in [0.4, 0.5) is 0 Å². The number of morpholine rings is 1. The van der Waals surface area contributed by atoms with E-state index in [-0.39, 0.29) is 0 Å². The van der Waals surface area contributed by atoms with Crippen molar-refractivity contribution < 1.29 is 14.8 Å². The molecule has 1 fully saturated rings. The molecule has 2 N–H and O–H groups in total. The summed E-state index contributed by atoms with van der Waals surface area (Å²) in [5.41, 5.74) is 1.77. The molecule has 4 nitrogen and oxygen atoms in total. The number of hydrogen-bond donors (Lipinski definition) is 2. The Morgan fingerprint density at radius 2 is 1.94 bits per heavy atom. The van der Waals surface area contributed by atoms with Gasteiger partial charge in [-0.25, -0.2) is 0 Å². The smallest absolute Gasteiger partial charge is 0.101 e. The molecule has 0 spiro atoms. The monoisotopic (exact) mass is 235 g/mol. The van der Waals surface area contributed by atoms with Gasteiger partial charge in [0.05, 0.1) is 25.5 Å². The van der Waals surface area contributed by atoms with Gasteiger partial charge in [-0.2, -0.15) is 0 Å². The molecule has 1 aliphatic heterocycles. The highest BCUT2D eigenvalue weighted by Crippen LogP contribution is 2.03. The number of hydrogen-bond acceptors (Lipinski definition) is 3. The van der Waals surface area contributed by atoms with Crippen LogP contribution in [-0.2, 0) is 4.74 Å². The molecule has 4 heteroatoms. The first-order valence-corrected chi connectivity index (χ1v) is 6.08. The van der Waals surface area contributed by atoms with Crippen molar-refractivity contribution in [1.29, 1.82) is 0 Å². The first-order chi connectivity index (χ1) is 8.40. The molecule has 92 valence electrons. The Morgan fingerprint density at radius 1 is 1.24 bits per heavy atom. The Labute approximate surface area is 101 Å². The van der Waals surface area contributed by atoms with Crippen molar-refractivity contribution >= 4 is 5.71 Å². The fourth-order valence-electron chi connectivity index (χ4n) is 2.09. The Bertz CT molecular complexity index is 359. The zero-order valence-electron chi connectivity index (χ0n) is 9.93. The van der Waals surface area contributed by atoms with Crippen LogP contribution in [0.1, 0.15) is 12.0 Å². The SMILES string of the molecule is O/N=C(/CC[NH+]1CCOCC1)c1ccccc1. The van der Waals surface area contributed by atoms with E-state index in [0.717, 1.165) is 50.5 Å². The molecule has 0 radical (unpaired) electrons. The summed E-state index contributed by atoms with van der Waals surface area (Å²) in [6.45, 7) is 4.77. The lowest BCUT2D eigenvalue weighted by atomic mass is 10.1. The molecule has 1 saturated heterocycles. The molecule has 17 heavy (non-hydrogen) atoms. The van der Waals surface area contributed by atoms with Gasteiger partial charge in [-0.15, -0.1) is 0 Å². The molecular weight excluding hydrogens is 216 g/mol. The van der Waals surface area contributed by atoms with Gasteiger partial charge in [-0.3, -0.25) is 0 Å². The fourth-order valence-corrected chi connectivity index (χ4v) is 2.09. The second-order valence-electron chi connectivity index (χ2n) is 4.28. The summed E-state index contributed by atoms with van der Waals surface area (Å²) < 4.78 is 5.32. The second-order valence-corrected chi connectivity index (χ2v) is 4.28. The van der Waals surface area contributed by atoms with Crippen LogP contribution < -0.4 is 4.90 Å². The Kier molecular flexibility index (Phi) is 4.53. The third kappa shape index (κ3) is 3.54. The van der Waals surface area contributed by atoms with Crippen LogP contribution in [0.5, 0.6) is 0 Å². The first-order valence-electron chi connectivity index (χ1n) is 6.08. The van der Waals surface area contributed by atoms with E-state index in [1.165, 1.54) is 4.90 Å². The van der Waals surface area contributed by atoms with Crippen LogP contribution in [0.15, 0.2) is 35.5 Å². The van der Waals surface area contributed by atoms with Crippen molar-refractivity contribution in [1.82, 2.24) is 0 Å². The van der Waals surface area contributed by atoms with Crippen molar-refractivity contribution in [3.8, 4) is 0 Å². The number of benzene rings is 1. The summed E-state index contributed by atoms with van der Waals surface area (Å²) in [6, 6.07) is 9.84. The van der Waals surface area contributed by atoms with E-state index in [0.29, 0.717) is 0 Å². The van der Waals surface area contributed by atoms with Gasteiger partial charge in [-0.1, -0.05) is 35.5 Å². The largest absolute Gasteiger partial charge is 0.411 e. The second kappa shape index (κ2) is 6.37. The predicted octanol–water partition coefficient (Wildman–Crippen LogP) is 0.170. The zero-order valence-corrected chi connectivity index (χ0v) is 9.93. The average Bonchev–Trinajstić information content (AvgIpc) is 2.42. The van der Waals surface area contributed by atoms with Crippen molar-refractivity contribution in [3.05, 3.63) is 35.9 Å². The number of nitrogens with zero attached hydrogens (tertiary/aromatic N) is 1. The van der Waals surface area contributed by atoms with Crippen LogP contribution >= 0.6 is 0 Å². The summed E-state index contributed by atoms with van der Waals surface area (Å²) >= 11 is 0. The van der Waals surface area contributed by atoms with Crippen LogP contribution in [0.2, 0.25) is 0 Å². The molecule has 0 aromatic heterocycles. The maximum Gasteiger partial charge on any atom is 0.101 e. The quantitative estimate of drug-likeness (QED) is 0.444. The third-order valence-electron chi connectivity index (χ3n) is 3.14. The fraction of sp³-hybridized carbons (Fsp3) is 0.462. The summed E-state index contributed by atoms with van der Waals surface area (Å²) in [5, 5.41) is 12.5. The summed E-state index contributed by atoms with van der Waals surface area (Å²) in [5.74, 6) is 0. The topological polar surface area (TPSA) is 46.3 Å². The number of oxime groups is 1. The van der Waals surface area contributed by atoms with Crippen molar-refractivity contribution in [2.75, 3.05) is 32.8 Å². The third-order valence-corrected chi connectivity index (χ3v) is 3.14. The molecule has 0 atom stereocenters. The minimum Gasteiger partial charge on any atom is -0.411 e. The Balaban J connectivity index is 1.88. The van der Waals surface area contributed by atoms with E-state index in [1.54, 1.807) is 0 Å². The van der Waals surface area contributed by atoms with E-state index in [2.05, 4.69) is 5.16 Å². The van der Waals surface area contributed by atoms with Crippen LogP contribution in [0.25, 0.3) is 0 Å². The van der Waals surface area contributed by atoms with E-state index < -0.39 is 0 Å². The molecule has 1 aromatic rings. The van der Waals surface area contributed by atoms with Crippen LogP contribution in [-0.4, -0.2) is 43.8 Å². The van der Waals surface area contributed by atoms with Gasteiger partial charge in [0, 0.05) is 6.42 Å². The lowest BCUT2D eigenvalue weighted by Gasteiger charge is -2.23. The highest BCUT2D eigenvalue weighted by Gasteiger charge is 2.15. The summed E-state index contributed by atoms with van der Waals surface area (Å²) in [7, 11) is 0. The average molecular weight is 235 g/mol. The zero-order chi connectivity index (χ0) is 11.9. The summed E-state index contributed by atoms with van der Waals surface area (Å²) in [6.07, 6.45) is 0.801. The normalized spacial score (nSPS) is 18.2. The van der Waals surface area contributed by atoms with E-state index in [4.69, 9.17) is 9.94 Å². The minimum atomic E-state index is 0.768. The van der Waals surface area contributed by atoms with Crippen LogP contribution in [0.3, 0.4) is 0 Å². The Hall–Kier alpha value is -1.39. The number of rotatable bonds is 4. The van der Waals surface area contributed by atoms with Gasteiger partial charge in [0.15, 0.2) is 0 Å². The van der Waals surface area contributed by atoms with Gasteiger partial charge >= 0.3 is 0 Å². The predicted molar refractivity (Wildman–Crippen MR) is 65.8 cm³/mol. The van der Waals surface area contributed by atoms with Gasteiger partial charge in [0.25, 0.3) is 0 Å². The minimum absolute atomic E-state index is 0.768. The van der Waals surface area contributed by atoms with Gasteiger partial charge < -0.3 is 14.8 Å². The molecule has 1 heterocycles. The van der Waals surface area contributed by atoms with E-state index in [1.807, 2.05) is 30.3 Å². The standard InChI is InChI=1S/C13H18N2O2/c16-14-13(12-4-2-1-3-5-12)6-7-15-8-10-17-11-9-15/h1-5,16H,6-11H2/p+1/b14-13-. The molecule has 0 bridgehead atoms. The van der Waals surface area contributed by atoms with Gasteiger partial charge in [0.2, 0.25) is 0 Å². The molecule has 1 aromatic carbocycles. The molecule has 0 saturated carbocycles. The molecule has 0 aliphatic carbocycles. The summed E-state index contributed by atoms with van der Waals surface area (Å²) in [4.78, 5) is 1.52.